The highest BCUT2D eigenvalue weighted by Crippen LogP contribution is 2.20. The highest BCUT2D eigenvalue weighted by molar-refractivity contribution is 5.80. The van der Waals surface area contributed by atoms with Crippen LogP contribution in [0.2, 0.25) is 0 Å². The van der Waals surface area contributed by atoms with Crippen LogP contribution in [0.15, 0.2) is 24.5 Å². The molecular formula is C16H25N3O2. The largest absolute Gasteiger partial charge is 0.382 e. The maximum atomic E-state index is 6.09. The summed E-state index contributed by atoms with van der Waals surface area (Å²) in [6.45, 7) is 4.81. The van der Waals surface area contributed by atoms with Crippen LogP contribution in [0.25, 0.3) is 11.0 Å². The Morgan fingerprint density at radius 2 is 2.19 bits per heavy atom. The van der Waals surface area contributed by atoms with Crippen LogP contribution in [0, 0.1) is 0 Å². The van der Waals surface area contributed by atoms with Crippen LogP contribution in [-0.4, -0.2) is 42.5 Å². The van der Waals surface area contributed by atoms with E-state index in [0.29, 0.717) is 19.8 Å². The summed E-state index contributed by atoms with van der Waals surface area (Å²) in [5, 5.41) is 1.19. The number of fused-ring (bicyclic) bond motifs is 1. The van der Waals surface area contributed by atoms with Crippen molar-refractivity contribution in [1.82, 2.24) is 9.55 Å². The Morgan fingerprint density at radius 3 is 2.95 bits per heavy atom. The van der Waals surface area contributed by atoms with Gasteiger partial charge in [0.15, 0.2) is 0 Å². The summed E-state index contributed by atoms with van der Waals surface area (Å²) in [4.78, 5) is 4.49. The van der Waals surface area contributed by atoms with E-state index in [9.17, 15) is 0 Å². The van der Waals surface area contributed by atoms with Gasteiger partial charge >= 0.3 is 0 Å². The van der Waals surface area contributed by atoms with Crippen LogP contribution in [0.3, 0.4) is 0 Å². The number of methoxy groups -OCH3 is 1. The minimum atomic E-state index is 0.196. The summed E-state index contributed by atoms with van der Waals surface area (Å²) < 4.78 is 12.7. The molecule has 0 aromatic carbocycles. The molecule has 1 atom stereocenters. The van der Waals surface area contributed by atoms with Crippen LogP contribution in [-0.2, 0) is 22.4 Å². The zero-order valence-electron chi connectivity index (χ0n) is 12.9. The van der Waals surface area contributed by atoms with Crippen LogP contribution in [0.4, 0.5) is 0 Å². The first-order valence-corrected chi connectivity index (χ1v) is 7.51. The summed E-state index contributed by atoms with van der Waals surface area (Å²) in [5.74, 6) is 0. The molecule has 21 heavy (non-hydrogen) atoms. The zero-order valence-corrected chi connectivity index (χ0v) is 12.9. The third-order valence-electron chi connectivity index (χ3n) is 3.63. The lowest BCUT2D eigenvalue weighted by Gasteiger charge is -2.07. The molecule has 2 heterocycles. The average molecular weight is 291 g/mol. The van der Waals surface area contributed by atoms with Crippen molar-refractivity contribution < 1.29 is 9.47 Å². The van der Waals surface area contributed by atoms with Crippen molar-refractivity contribution in [3.05, 3.63) is 30.1 Å². The van der Waals surface area contributed by atoms with Gasteiger partial charge in [-0.15, -0.1) is 0 Å². The summed E-state index contributed by atoms with van der Waals surface area (Å²) in [5.41, 5.74) is 8.37. The van der Waals surface area contributed by atoms with Gasteiger partial charge in [-0.2, -0.15) is 0 Å². The number of ether oxygens (including phenoxy) is 2. The number of hydrogen-bond donors (Lipinski definition) is 1. The van der Waals surface area contributed by atoms with Crippen molar-refractivity contribution >= 4 is 11.0 Å². The second-order valence-electron chi connectivity index (χ2n) is 5.20. The van der Waals surface area contributed by atoms with E-state index < -0.39 is 0 Å². The normalized spacial score (nSPS) is 12.9. The fourth-order valence-corrected chi connectivity index (χ4v) is 2.36. The molecule has 1 unspecified atom stereocenters. The Bertz CT molecular complexity index is 553. The van der Waals surface area contributed by atoms with E-state index in [1.54, 1.807) is 7.11 Å². The molecule has 116 valence electrons. The molecule has 2 aromatic rings. The van der Waals surface area contributed by atoms with Crippen molar-refractivity contribution in [2.75, 3.05) is 26.9 Å². The Labute approximate surface area is 126 Å². The van der Waals surface area contributed by atoms with Crippen LogP contribution in [0.1, 0.15) is 18.9 Å². The van der Waals surface area contributed by atoms with Crippen molar-refractivity contribution in [2.24, 2.45) is 5.73 Å². The SMILES string of the molecule is CCC(N)Cc1cn(CCOCCOC)c2ncccc12. The highest BCUT2D eigenvalue weighted by Gasteiger charge is 2.11. The van der Waals surface area contributed by atoms with E-state index in [-0.39, 0.29) is 6.04 Å². The number of aromatic nitrogens is 2. The lowest BCUT2D eigenvalue weighted by Crippen LogP contribution is -2.21. The first-order chi connectivity index (χ1) is 10.3. The predicted octanol–water partition coefficient (Wildman–Crippen LogP) is 1.98. The number of hydrogen-bond acceptors (Lipinski definition) is 4. The second-order valence-corrected chi connectivity index (χ2v) is 5.20. The fraction of sp³-hybridized carbons (Fsp3) is 0.562. The first kappa shape index (κ1) is 15.9. The average Bonchev–Trinajstić information content (AvgIpc) is 2.85. The molecule has 0 saturated carbocycles. The monoisotopic (exact) mass is 291 g/mol. The van der Waals surface area contributed by atoms with Gasteiger partial charge < -0.3 is 19.8 Å². The molecule has 2 N–H and O–H groups in total. The molecule has 0 bridgehead atoms. The molecule has 0 aliphatic rings. The summed E-state index contributed by atoms with van der Waals surface area (Å²) in [6, 6.07) is 4.28. The van der Waals surface area contributed by atoms with E-state index in [1.807, 2.05) is 12.3 Å². The highest BCUT2D eigenvalue weighted by atomic mass is 16.5. The Hall–Kier alpha value is -1.43. The molecule has 0 radical (unpaired) electrons. The Balaban J connectivity index is 2.08. The topological polar surface area (TPSA) is 62.3 Å². The van der Waals surface area contributed by atoms with Crippen LogP contribution < -0.4 is 5.73 Å². The van der Waals surface area contributed by atoms with E-state index in [4.69, 9.17) is 15.2 Å². The summed E-state index contributed by atoms with van der Waals surface area (Å²) >= 11 is 0. The molecule has 0 aliphatic heterocycles. The number of pyridine rings is 1. The van der Waals surface area contributed by atoms with E-state index in [0.717, 1.165) is 25.0 Å². The second kappa shape index (κ2) is 8.12. The first-order valence-electron chi connectivity index (χ1n) is 7.51. The minimum Gasteiger partial charge on any atom is -0.382 e. The lowest BCUT2D eigenvalue weighted by atomic mass is 10.1. The molecule has 0 aliphatic carbocycles. The Morgan fingerprint density at radius 1 is 1.33 bits per heavy atom. The van der Waals surface area contributed by atoms with Gasteiger partial charge in [-0.1, -0.05) is 6.92 Å². The third-order valence-corrected chi connectivity index (χ3v) is 3.63. The number of rotatable bonds is 9. The molecule has 0 amide bonds. The maximum absolute atomic E-state index is 6.09. The third kappa shape index (κ3) is 4.27. The number of nitrogens with two attached hydrogens (primary N) is 1. The smallest absolute Gasteiger partial charge is 0.140 e. The fourth-order valence-electron chi connectivity index (χ4n) is 2.36. The van der Waals surface area contributed by atoms with Crippen molar-refractivity contribution in [3.8, 4) is 0 Å². The van der Waals surface area contributed by atoms with Crippen LogP contribution >= 0.6 is 0 Å². The van der Waals surface area contributed by atoms with Gasteiger partial charge in [0.25, 0.3) is 0 Å². The Kier molecular flexibility index (Phi) is 6.17. The van der Waals surface area contributed by atoms with Crippen molar-refractivity contribution in [3.63, 3.8) is 0 Å². The quantitative estimate of drug-likeness (QED) is 0.718. The van der Waals surface area contributed by atoms with E-state index >= 15 is 0 Å². The molecule has 5 nitrogen and oxygen atoms in total. The zero-order chi connectivity index (χ0) is 15.1. The van der Waals surface area contributed by atoms with Gasteiger partial charge in [0.2, 0.25) is 0 Å². The standard InChI is InChI=1S/C16H25N3O2/c1-3-14(17)11-13-12-19(7-8-21-10-9-20-2)16-15(13)5-4-6-18-16/h4-6,12,14H,3,7-11,17H2,1-2H3. The van der Waals surface area contributed by atoms with Gasteiger partial charge in [0, 0.05) is 37.5 Å². The molecule has 0 saturated heterocycles. The van der Waals surface area contributed by atoms with Gasteiger partial charge in [-0.3, -0.25) is 0 Å². The van der Waals surface area contributed by atoms with Gasteiger partial charge in [-0.25, -0.2) is 4.98 Å². The van der Waals surface area contributed by atoms with Gasteiger partial charge in [0.05, 0.1) is 19.8 Å². The lowest BCUT2D eigenvalue weighted by molar-refractivity contribution is 0.0669. The van der Waals surface area contributed by atoms with E-state index in [1.165, 1.54) is 10.9 Å². The van der Waals surface area contributed by atoms with Crippen molar-refractivity contribution in [1.29, 1.82) is 0 Å². The number of nitrogens with zero attached hydrogens (tertiary/aromatic N) is 2. The van der Waals surface area contributed by atoms with Crippen molar-refractivity contribution in [2.45, 2.75) is 32.4 Å². The van der Waals surface area contributed by atoms with Crippen LogP contribution in [0.5, 0.6) is 0 Å². The minimum absolute atomic E-state index is 0.196. The maximum Gasteiger partial charge on any atom is 0.140 e. The van der Waals surface area contributed by atoms with Gasteiger partial charge in [0.1, 0.15) is 5.65 Å². The summed E-state index contributed by atoms with van der Waals surface area (Å²) in [6.07, 6.45) is 5.85. The molecule has 2 aromatic heterocycles. The molecule has 5 heteroatoms. The summed E-state index contributed by atoms with van der Waals surface area (Å²) in [7, 11) is 1.68. The molecule has 0 fully saturated rings. The predicted molar refractivity (Wildman–Crippen MR) is 84.4 cm³/mol. The molecule has 2 rings (SSSR count). The molecule has 0 spiro atoms. The van der Waals surface area contributed by atoms with Gasteiger partial charge in [-0.05, 0) is 30.5 Å². The molecular weight excluding hydrogens is 266 g/mol. The van der Waals surface area contributed by atoms with E-state index in [2.05, 4.69) is 28.7 Å².